The van der Waals surface area contributed by atoms with Crippen molar-refractivity contribution < 1.29 is 0 Å². The number of nitrogens with zero attached hydrogens (tertiary/aromatic N) is 2. The summed E-state index contributed by atoms with van der Waals surface area (Å²) in [5.74, 6) is 1.65. The Balaban J connectivity index is 1.85. The first-order chi connectivity index (χ1) is 9.78. The third kappa shape index (κ3) is 2.33. The number of nitrogens with two attached hydrogens (primary N) is 1. The van der Waals surface area contributed by atoms with Crippen LogP contribution in [0.1, 0.15) is 77.6 Å². The van der Waals surface area contributed by atoms with Crippen molar-refractivity contribution in [2.75, 3.05) is 6.54 Å². The van der Waals surface area contributed by atoms with Crippen molar-refractivity contribution in [2.24, 2.45) is 16.6 Å². The molecule has 3 rings (SSSR count). The maximum atomic E-state index is 6.36. The smallest absolute Gasteiger partial charge is 0.192 e. The maximum Gasteiger partial charge on any atom is 0.192 e. The molecule has 1 spiro atoms. The zero-order chi connectivity index (χ0) is 14.0. The van der Waals surface area contributed by atoms with Gasteiger partial charge in [0.1, 0.15) is 0 Å². The lowest BCUT2D eigenvalue weighted by atomic mass is 9.70. The van der Waals surface area contributed by atoms with Gasteiger partial charge in [0, 0.05) is 6.04 Å². The average molecular weight is 277 g/mol. The fourth-order valence-corrected chi connectivity index (χ4v) is 5.07. The van der Waals surface area contributed by atoms with Gasteiger partial charge in [0.2, 0.25) is 0 Å². The van der Waals surface area contributed by atoms with E-state index in [0.717, 1.165) is 18.4 Å². The van der Waals surface area contributed by atoms with Crippen LogP contribution in [-0.4, -0.2) is 29.0 Å². The Morgan fingerprint density at radius 2 is 1.80 bits per heavy atom. The molecule has 0 radical (unpaired) electrons. The minimum Gasteiger partial charge on any atom is -0.370 e. The Hall–Kier alpha value is -0.730. The van der Waals surface area contributed by atoms with Gasteiger partial charge in [-0.1, -0.05) is 51.9 Å². The van der Waals surface area contributed by atoms with E-state index in [1.54, 1.807) is 0 Å². The first-order valence-corrected chi connectivity index (χ1v) is 8.87. The van der Waals surface area contributed by atoms with Gasteiger partial charge in [-0.05, 0) is 31.6 Å². The van der Waals surface area contributed by atoms with Crippen LogP contribution < -0.4 is 5.73 Å². The second kappa shape index (κ2) is 5.95. The van der Waals surface area contributed by atoms with E-state index < -0.39 is 0 Å². The summed E-state index contributed by atoms with van der Waals surface area (Å²) in [6, 6.07) is 0.663. The van der Waals surface area contributed by atoms with E-state index in [2.05, 4.69) is 11.8 Å². The summed E-state index contributed by atoms with van der Waals surface area (Å²) in [6.45, 7) is 3.32. The highest BCUT2D eigenvalue weighted by atomic mass is 15.4. The van der Waals surface area contributed by atoms with Crippen LogP contribution in [0, 0.1) is 5.92 Å². The molecule has 20 heavy (non-hydrogen) atoms. The predicted molar refractivity (Wildman–Crippen MR) is 84.8 cm³/mol. The summed E-state index contributed by atoms with van der Waals surface area (Å²) in [5, 5.41) is 0. The molecular weight excluding hydrogens is 246 g/mol. The molecule has 2 aliphatic carbocycles. The van der Waals surface area contributed by atoms with Gasteiger partial charge in [0.25, 0.3) is 0 Å². The van der Waals surface area contributed by atoms with Gasteiger partial charge in [-0.2, -0.15) is 0 Å². The molecule has 2 N–H and O–H groups in total. The van der Waals surface area contributed by atoms with Crippen molar-refractivity contribution in [1.82, 2.24) is 4.90 Å². The monoisotopic (exact) mass is 277 g/mol. The summed E-state index contributed by atoms with van der Waals surface area (Å²) >= 11 is 0. The summed E-state index contributed by atoms with van der Waals surface area (Å²) in [7, 11) is 0. The molecule has 3 heteroatoms. The van der Waals surface area contributed by atoms with Gasteiger partial charge in [-0.25, -0.2) is 0 Å². The first-order valence-electron chi connectivity index (χ1n) is 8.87. The molecule has 2 saturated carbocycles. The zero-order valence-corrected chi connectivity index (χ0v) is 13.1. The second-order valence-electron chi connectivity index (χ2n) is 7.14. The van der Waals surface area contributed by atoms with Gasteiger partial charge >= 0.3 is 0 Å². The van der Waals surface area contributed by atoms with Gasteiger partial charge in [-0.3, -0.25) is 4.99 Å². The van der Waals surface area contributed by atoms with Crippen LogP contribution >= 0.6 is 0 Å². The molecule has 0 bridgehead atoms. The van der Waals surface area contributed by atoms with Gasteiger partial charge in [0.05, 0.1) is 12.1 Å². The van der Waals surface area contributed by atoms with Crippen molar-refractivity contribution in [1.29, 1.82) is 0 Å². The minimum atomic E-state index is 0.284. The number of hydrogen-bond acceptors (Lipinski definition) is 3. The standard InChI is InChI=1S/C17H31N3/c1-2-14-9-7-8-12-17(14)13-19-16(18)20(17)15-10-5-3-4-6-11-15/h14-15H,2-13H2,1H3,(H2,18,19). The molecule has 1 heterocycles. The third-order valence-corrected chi connectivity index (χ3v) is 6.10. The summed E-state index contributed by atoms with van der Waals surface area (Å²) in [4.78, 5) is 7.34. The van der Waals surface area contributed by atoms with Crippen LogP contribution in [0.5, 0.6) is 0 Å². The predicted octanol–water partition coefficient (Wildman–Crippen LogP) is 3.68. The molecule has 2 fully saturated rings. The van der Waals surface area contributed by atoms with E-state index in [1.165, 1.54) is 70.6 Å². The number of aliphatic imine (C=N–C) groups is 1. The highest BCUT2D eigenvalue weighted by Crippen LogP contribution is 2.45. The quantitative estimate of drug-likeness (QED) is 0.782. The van der Waals surface area contributed by atoms with Crippen LogP contribution in [-0.2, 0) is 0 Å². The average Bonchev–Trinajstić information content (AvgIpc) is 2.68. The minimum absolute atomic E-state index is 0.284. The lowest BCUT2D eigenvalue weighted by molar-refractivity contribution is 0.0375. The molecule has 2 unspecified atom stereocenters. The number of guanidine groups is 1. The number of rotatable bonds is 2. The Bertz CT molecular complexity index is 357. The molecule has 0 aromatic rings. The second-order valence-corrected chi connectivity index (χ2v) is 7.14. The topological polar surface area (TPSA) is 41.6 Å². The third-order valence-electron chi connectivity index (χ3n) is 6.10. The molecular formula is C17H31N3. The van der Waals surface area contributed by atoms with E-state index in [9.17, 15) is 0 Å². The van der Waals surface area contributed by atoms with Gasteiger partial charge in [0.15, 0.2) is 5.96 Å². The molecule has 0 amide bonds. The Labute approximate surface area is 124 Å². The molecule has 114 valence electrons. The fraction of sp³-hybridized carbons (Fsp3) is 0.941. The lowest BCUT2D eigenvalue weighted by Crippen LogP contribution is -2.60. The van der Waals surface area contributed by atoms with Crippen molar-refractivity contribution in [3.05, 3.63) is 0 Å². The van der Waals surface area contributed by atoms with Crippen LogP contribution in [0.25, 0.3) is 0 Å². The normalized spacial score (nSPS) is 36.1. The van der Waals surface area contributed by atoms with E-state index in [4.69, 9.17) is 10.7 Å². The van der Waals surface area contributed by atoms with Gasteiger partial charge in [-0.15, -0.1) is 0 Å². The van der Waals surface area contributed by atoms with Crippen LogP contribution in [0.3, 0.4) is 0 Å². The van der Waals surface area contributed by atoms with Crippen LogP contribution in [0.2, 0.25) is 0 Å². The Kier molecular flexibility index (Phi) is 4.23. The SMILES string of the molecule is CCC1CCCCC12CN=C(N)N2C1CCCCCC1. The molecule has 0 aromatic carbocycles. The van der Waals surface area contributed by atoms with Crippen molar-refractivity contribution in [3.63, 3.8) is 0 Å². The summed E-state index contributed by atoms with van der Waals surface area (Å²) < 4.78 is 0. The van der Waals surface area contributed by atoms with E-state index >= 15 is 0 Å². The fourth-order valence-electron chi connectivity index (χ4n) is 5.07. The van der Waals surface area contributed by atoms with Gasteiger partial charge < -0.3 is 10.6 Å². The largest absolute Gasteiger partial charge is 0.370 e. The molecule has 0 saturated heterocycles. The molecule has 3 nitrogen and oxygen atoms in total. The van der Waals surface area contributed by atoms with E-state index in [0.29, 0.717) is 6.04 Å². The Morgan fingerprint density at radius 1 is 1.10 bits per heavy atom. The van der Waals surface area contributed by atoms with E-state index in [-0.39, 0.29) is 5.54 Å². The van der Waals surface area contributed by atoms with Crippen molar-refractivity contribution in [2.45, 2.75) is 89.1 Å². The summed E-state index contributed by atoms with van der Waals surface area (Å²) in [6.07, 6.45) is 15.0. The van der Waals surface area contributed by atoms with Crippen LogP contribution in [0.4, 0.5) is 0 Å². The molecule has 1 aliphatic heterocycles. The Morgan fingerprint density at radius 3 is 2.50 bits per heavy atom. The molecule has 2 atom stereocenters. The zero-order valence-electron chi connectivity index (χ0n) is 13.1. The highest BCUT2D eigenvalue weighted by Gasteiger charge is 2.50. The lowest BCUT2D eigenvalue weighted by Gasteiger charge is -2.50. The van der Waals surface area contributed by atoms with Crippen molar-refractivity contribution >= 4 is 5.96 Å². The first kappa shape index (κ1) is 14.2. The molecule has 0 aromatic heterocycles. The molecule has 3 aliphatic rings. The highest BCUT2D eigenvalue weighted by molar-refractivity contribution is 5.81. The van der Waals surface area contributed by atoms with E-state index in [1.807, 2.05) is 0 Å². The summed E-state index contributed by atoms with van der Waals surface area (Å²) in [5.41, 5.74) is 6.64. The number of hydrogen-bond donors (Lipinski definition) is 1. The maximum absolute atomic E-state index is 6.36. The van der Waals surface area contributed by atoms with Crippen LogP contribution in [0.15, 0.2) is 4.99 Å². The van der Waals surface area contributed by atoms with Crippen molar-refractivity contribution in [3.8, 4) is 0 Å².